The molecular weight excluding hydrogens is 288 g/mol. The summed E-state index contributed by atoms with van der Waals surface area (Å²) in [6.45, 7) is 8.32. The van der Waals surface area contributed by atoms with Crippen LogP contribution in [-0.2, 0) is 16.6 Å². The van der Waals surface area contributed by atoms with E-state index in [0.29, 0.717) is 11.7 Å². The Morgan fingerprint density at radius 2 is 1.96 bits per heavy atom. The van der Waals surface area contributed by atoms with Gasteiger partial charge >= 0.3 is 5.97 Å². The van der Waals surface area contributed by atoms with Crippen molar-refractivity contribution in [2.45, 2.75) is 71.1 Å². The van der Waals surface area contributed by atoms with Crippen LogP contribution in [0, 0.1) is 11.3 Å². The molecule has 2 N–H and O–H groups in total. The van der Waals surface area contributed by atoms with Crippen LogP contribution in [0.2, 0.25) is 0 Å². The zero-order valence-electron chi connectivity index (χ0n) is 14.6. The van der Waals surface area contributed by atoms with Gasteiger partial charge in [-0.25, -0.2) is 0 Å². The maximum atomic E-state index is 11.9. The lowest BCUT2D eigenvalue weighted by molar-refractivity contribution is -0.157. The van der Waals surface area contributed by atoms with Crippen LogP contribution in [0.15, 0.2) is 12.1 Å². The summed E-state index contributed by atoms with van der Waals surface area (Å²) < 4.78 is 0. The third-order valence-electron chi connectivity index (χ3n) is 6.65. The average Bonchev–Trinajstić information content (AvgIpc) is 2.47. The lowest BCUT2D eigenvalue weighted by atomic mass is 9.49. The lowest BCUT2D eigenvalue weighted by Gasteiger charge is -2.53. The van der Waals surface area contributed by atoms with Gasteiger partial charge < -0.3 is 10.2 Å². The van der Waals surface area contributed by atoms with E-state index >= 15 is 0 Å². The van der Waals surface area contributed by atoms with Gasteiger partial charge in [-0.3, -0.25) is 4.79 Å². The molecule has 0 amide bonds. The summed E-state index contributed by atoms with van der Waals surface area (Å²) in [4.78, 5) is 11.9. The molecule has 0 unspecified atom stereocenters. The second-order valence-corrected chi connectivity index (χ2v) is 8.27. The van der Waals surface area contributed by atoms with Crippen LogP contribution in [0.5, 0.6) is 5.75 Å². The quantitative estimate of drug-likeness (QED) is 0.837. The van der Waals surface area contributed by atoms with Crippen LogP contribution < -0.4 is 0 Å². The number of carboxylic acid groups (broad SMARTS) is 1. The number of fused-ring (bicyclic) bond motifs is 3. The summed E-state index contributed by atoms with van der Waals surface area (Å²) in [5.41, 5.74) is 2.44. The van der Waals surface area contributed by atoms with Crippen LogP contribution in [0.1, 0.15) is 76.0 Å². The number of aromatic hydroxyl groups is 1. The van der Waals surface area contributed by atoms with E-state index in [-0.39, 0.29) is 11.3 Å². The van der Waals surface area contributed by atoms with Crippen LogP contribution in [0.4, 0.5) is 0 Å². The second-order valence-electron chi connectivity index (χ2n) is 8.27. The Hall–Kier alpha value is -1.51. The first-order valence-corrected chi connectivity index (χ1v) is 8.80. The van der Waals surface area contributed by atoms with Gasteiger partial charge in [0.15, 0.2) is 0 Å². The number of carboxylic acids is 1. The SMILES string of the molecule is CC(C)c1ccc2c(c1O)CC[C@H]1[C@](C)(C(=O)O)CCC[C@]21C. The van der Waals surface area contributed by atoms with Crippen molar-refractivity contribution in [2.75, 3.05) is 0 Å². The van der Waals surface area contributed by atoms with Gasteiger partial charge in [-0.15, -0.1) is 0 Å². The fraction of sp³-hybridized carbons (Fsp3) is 0.650. The van der Waals surface area contributed by atoms with Gasteiger partial charge in [-0.1, -0.05) is 39.3 Å². The molecule has 1 fully saturated rings. The Labute approximate surface area is 138 Å². The van der Waals surface area contributed by atoms with E-state index in [1.165, 1.54) is 5.56 Å². The zero-order valence-corrected chi connectivity index (χ0v) is 14.6. The summed E-state index contributed by atoms with van der Waals surface area (Å²) in [6.07, 6.45) is 4.33. The normalized spacial score (nSPS) is 33.2. The second kappa shape index (κ2) is 5.25. The number of rotatable bonds is 2. The van der Waals surface area contributed by atoms with Gasteiger partial charge in [0.2, 0.25) is 0 Å². The predicted octanol–water partition coefficient (Wildman–Crippen LogP) is 4.61. The number of aliphatic carboxylic acids is 1. The third-order valence-corrected chi connectivity index (χ3v) is 6.65. The summed E-state index contributed by atoms with van der Waals surface area (Å²) in [5.74, 6) is 0.208. The molecule has 0 spiro atoms. The van der Waals surface area contributed by atoms with Crippen LogP contribution >= 0.6 is 0 Å². The summed E-state index contributed by atoms with van der Waals surface area (Å²) >= 11 is 0. The van der Waals surface area contributed by atoms with Crippen molar-refractivity contribution in [3.63, 3.8) is 0 Å². The molecule has 2 aliphatic rings. The molecule has 1 saturated carbocycles. The first kappa shape index (κ1) is 16.4. The minimum atomic E-state index is -0.667. The Bertz CT molecular complexity index is 649. The molecule has 3 atom stereocenters. The molecule has 3 nitrogen and oxygen atoms in total. The highest BCUT2D eigenvalue weighted by Gasteiger charge is 2.55. The Kier molecular flexibility index (Phi) is 3.74. The average molecular weight is 316 g/mol. The fourth-order valence-corrected chi connectivity index (χ4v) is 5.29. The van der Waals surface area contributed by atoms with Gasteiger partial charge in [0.25, 0.3) is 0 Å². The van der Waals surface area contributed by atoms with Gasteiger partial charge in [-0.2, -0.15) is 0 Å². The number of phenolic OH excluding ortho intramolecular Hbond substituents is 1. The highest BCUT2D eigenvalue weighted by atomic mass is 16.4. The smallest absolute Gasteiger partial charge is 0.309 e. The maximum Gasteiger partial charge on any atom is 0.309 e. The van der Waals surface area contributed by atoms with Crippen molar-refractivity contribution < 1.29 is 15.0 Å². The van der Waals surface area contributed by atoms with Gasteiger partial charge in [-0.05, 0) is 66.5 Å². The van der Waals surface area contributed by atoms with E-state index < -0.39 is 11.4 Å². The Morgan fingerprint density at radius 1 is 1.26 bits per heavy atom. The molecule has 0 heterocycles. The Balaban J connectivity index is 2.14. The van der Waals surface area contributed by atoms with Crippen molar-refractivity contribution in [3.8, 4) is 5.75 Å². The first-order chi connectivity index (χ1) is 10.7. The van der Waals surface area contributed by atoms with Crippen molar-refractivity contribution in [3.05, 3.63) is 28.8 Å². The largest absolute Gasteiger partial charge is 0.507 e. The molecule has 0 radical (unpaired) electrons. The summed E-state index contributed by atoms with van der Waals surface area (Å²) in [5, 5.41) is 20.6. The summed E-state index contributed by atoms with van der Waals surface area (Å²) in [7, 11) is 0. The first-order valence-electron chi connectivity index (χ1n) is 8.80. The lowest BCUT2D eigenvalue weighted by Crippen LogP contribution is -2.52. The number of hydrogen-bond donors (Lipinski definition) is 2. The van der Waals surface area contributed by atoms with Crippen LogP contribution in [0.3, 0.4) is 0 Å². The molecule has 2 aliphatic carbocycles. The number of hydrogen-bond acceptors (Lipinski definition) is 2. The van der Waals surface area contributed by atoms with E-state index in [1.54, 1.807) is 0 Å². The van der Waals surface area contributed by atoms with E-state index in [0.717, 1.165) is 43.2 Å². The number of benzene rings is 1. The van der Waals surface area contributed by atoms with Crippen molar-refractivity contribution in [1.82, 2.24) is 0 Å². The van der Waals surface area contributed by atoms with Gasteiger partial charge in [0.05, 0.1) is 5.41 Å². The van der Waals surface area contributed by atoms with Crippen molar-refractivity contribution >= 4 is 5.97 Å². The monoisotopic (exact) mass is 316 g/mol. The molecule has 0 saturated heterocycles. The molecular formula is C20H28O3. The topological polar surface area (TPSA) is 57.5 Å². The standard InChI is InChI=1S/C20H28O3/c1-12(2)13-6-8-15-14(17(13)21)7-9-16-19(15,3)10-5-11-20(16,4)18(22)23/h6,8,12,16,21H,5,7,9-11H2,1-4H3,(H,22,23)/t16-,19-,20-/m1/s1. The zero-order chi connectivity index (χ0) is 17.0. The van der Waals surface area contributed by atoms with Gasteiger partial charge in [0, 0.05) is 0 Å². The molecule has 126 valence electrons. The molecule has 3 heteroatoms. The van der Waals surface area contributed by atoms with Crippen molar-refractivity contribution in [1.29, 1.82) is 0 Å². The van der Waals surface area contributed by atoms with Crippen LogP contribution in [0.25, 0.3) is 0 Å². The molecule has 0 bridgehead atoms. The highest BCUT2D eigenvalue weighted by Crippen LogP contribution is 2.58. The molecule has 1 aromatic carbocycles. The van der Waals surface area contributed by atoms with E-state index in [2.05, 4.69) is 26.8 Å². The Morgan fingerprint density at radius 3 is 2.57 bits per heavy atom. The fourth-order valence-electron chi connectivity index (χ4n) is 5.29. The minimum Gasteiger partial charge on any atom is -0.507 e. The van der Waals surface area contributed by atoms with Gasteiger partial charge in [0.1, 0.15) is 5.75 Å². The predicted molar refractivity (Wildman–Crippen MR) is 91.0 cm³/mol. The van der Waals surface area contributed by atoms with Crippen molar-refractivity contribution in [2.24, 2.45) is 11.3 Å². The minimum absolute atomic E-state index is 0.137. The van der Waals surface area contributed by atoms with E-state index in [9.17, 15) is 15.0 Å². The highest BCUT2D eigenvalue weighted by molar-refractivity contribution is 5.75. The number of phenols is 1. The van der Waals surface area contributed by atoms with E-state index in [1.807, 2.05) is 13.0 Å². The molecule has 1 aromatic rings. The molecule has 0 aliphatic heterocycles. The van der Waals surface area contributed by atoms with Crippen LogP contribution in [-0.4, -0.2) is 16.2 Å². The molecule has 0 aromatic heterocycles. The van der Waals surface area contributed by atoms with E-state index in [4.69, 9.17) is 0 Å². The molecule has 3 rings (SSSR count). The number of carbonyl (C=O) groups is 1. The maximum absolute atomic E-state index is 11.9. The molecule has 23 heavy (non-hydrogen) atoms. The third kappa shape index (κ3) is 2.20. The summed E-state index contributed by atoms with van der Waals surface area (Å²) in [6, 6.07) is 4.20.